The summed E-state index contributed by atoms with van der Waals surface area (Å²) >= 11 is 6.14. The number of benzene rings is 2. The molecule has 1 aromatic heterocycles. The molecular formula is C20H17ClN2O2. The fourth-order valence-electron chi connectivity index (χ4n) is 3.23. The largest absolute Gasteiger partial charge is 0.483 e. The minimum atomic E-state index is -0.355. The molecule has 126 valence electrons. The Labute approximate surface area is 150 Å². The third-order valence-electron chi connectivity index (χ3n) is 4.49. The second kappa shape index (κ2) is 5.97. The number of aromatic nitrogens is 1. The molecular weight excluding hydrogens is 336 g/mol. The zero-order valence-corrected chi connectivity index (χ0v) is 14.5. The summed E-state index contributed by atoms with van der Waals surface area (Å²) in [7, 11) is 1.99. The van der Waals surface area contributed by atoms with Gasteiger partial charge in [0.2, 0.25) is 5.91 Å². The number of halogens is 1. The van der Waals surface area contributed by atoms with Crippen molar-refractivity contribution in [2.24, 2.45) is 7.05 Å². The van der Waals surface area contributed by atoms with Crippen molar-refractivity contribution in [2.45, 2.75) is 12.5 Å². The van der Waals surface area contributed by atoms with Crippen molar-refractivity contribution >= 4 is 34.1 Å². The Balaban J connectivity index is 1.93. The normalized spacial score (nSPS) is 16.7. The average molecular weight is 353 g/mol. The summed E-state index contributed by atoms with van der Waals surface area (Å²) in [5, 5.41) is 4.71. The smallest absolute Gasteiger partial charge is 0.228 e. The molecule has 1 N–H and O–H groups in total. The summed E-state index contributed by atoms with van der Waals surface area (Å²) in [4.78, 5) is 12.0. The zero-order valence-electron chi connectivity index (χ0n) is 13.8. The number of fused-ring (bicyclic) bond motifs is 2. The van der Waals surface area contributed by atoms with E-state index in [9.17, 15) is 4.79 Å². The number of hydrogen-bond donors (Lipinski definition) is 1. The maximum atomic E-state index is 12.0. The molecule has 0 spiro atoms. The molecule has 2 heterocycles. The minimum Gasteiger partial charge on any atom is -0.483 e. The highest BCUT2D eigenvalue weighted by molar-refractivity contribution is 6.31. The minimum absolute atomic E-state index is 0.0791. The van der Waals surface area contributed by atoms with Gasteiger partial charge in [-0.3, -0.25) is 4.79 Å². The maximum Gasteiger partial charge on any atom is 0.228 e. The van der Waals surface area contributed by atoms with Crippen LogP contribution in [0.25, 0.3) is 22.2 Å². The molecule has 4 rings (SSSR count). The topological polar surface area (TPSA) is 43.3 Å². The van der Waals surface area contributed by atoms with Crippen molar-refractivity contribution in [3.63, 3.8) is 0 Å². The summed E-state index contributed by atoms with van der Waals surface area (Å²) in [6.45, 7) is 3.77. The first-order chi connectivity index (χ1) is 12.1. The van der Waals surface area contributed by atoms with Gasteiger partial charge in [-0.1, -0.05) is 36.4 Å². The first-order valence-corrected chi connectivity index (χ1v) is 8.42. The van der Waals surface area contributed by atoms with Gasteiger partial charge in [-0.2, -0.15) is 0 Å². The van der Waals surface area contributed by atoms with Crippen LogP contribution in [-0.2, 0) is 11.8 Å². The molecule has 1 aliphatic rings. The number of amides is 1. The molecule has 0 aliphatic carbocycles. The van der Waals surface area contributed by atoms with Gasteiger partial charge in [-0.25, -0.2) is 0 Å². The number of para-hydroxylation sites is 1. The third kappa shape index (κ3) is 2.68. The quantitative estimate of drug-likeness (QED) is 0.675. The van der Waals surface area contributed by atoms with Gasteiger partial charge >= 0.3 is 0 Å². The van der Waals surface area contributed by atoms with Crippen molar-refractivity contribution < 1.29 is 9.53 Å². The fourth-order valence-corrected chi connectivity index (χ4v) is 3.40. The number of hydrogen-bond acceptors (Lipinski definition) is 2. The highest BCUT2D eigenvalue weighted by Crippen LogP contribution is 2.41. The summed E-state index contributed by atoms with van der Waals surface area (Å²) in [5.41, 5.74) is 3.63. The van der Waals surface area contributed by atoms with Crippen LogP contribution in [0.3, 0.4) is 0 Å². The Bertz CT molecular complexity index is 1010. The van der Waals surface area contributed by atoms with Crippen LogP contribution in [0.4, 0.5) is 5.69 Å². The lowest BCUT2D eigenvalue weighted by Gasteiger charge is -2.16. The lowest BCUT2D eigenvalue weighted by molar-refractivity contribution is -0.117. The maximum absolute atomic E-state index is 12.0. The van der Waals surface area contributed by atoms with E-state index in [1.54, 1.807) is 6.08 Å². The van der Waals surface area contributed by atoms with Crippen molar-refractivity contribution in [1.82, 2.24) is 4.57 Å². The molecule has 0 fully saturated rings. The Morgan fingerprint density at radius 3 is 2.96 bits per heavy atom. The lowest BCUT2D eigenvalue weighted by atomic mass is 10.1. The van der Waals surface area contributed by atoms with Gasteiger partial charge in [0.15, 0.2) is 5.75 Å². The van der Waals surface area contributed by atoms with Crippen LogP contribution in [0.1, 0.15) is 6.42 Å². The van der Waals surface area contributed by atoms with Gasteiger partial charge in [-0.15, -0.1) is 0 Å². The van der Waals surface area contributed by atoms with Crippen LogP contribution in [-0.4, -0.2) is 16.6 Å². The Morgan fingerprint density at radius 1 is 1.32 bits per heavy atom. The molecule has 0 saturated carbocycles. The van der Waals surface area contributed by atoms with Crippen LogP contribution >= 0.6 is 11.6 Å². The van der Waals surface area contributed by atoms with Crippen LogP contribution < -0.4 is 10.1 Å². The number of carbonyl (C=O) groups excluding carboxylic acids is 1. The van der Waals surface area contributed by atoms with E-state index in [-0.39, 0.29) is 18.4 Å². The molecule has 0 saturated heterocycles. The van der Waals surface area contributed by atoms with Crippen LogP contribution in [0.2, 0.25) is 5.02 Å². The zero-order chi connectivity index (χ0) is 17.6. The SMILES string of the molecule is C=C[C@@H]1CC(=O)Nc2cccc(-c3cc4ccc(Cl)cc4n3C)c2O1. The van der Waals surface area contributed by atoms with E-state index in [2.05, 4.69) is 22.5 Å². The van der Waals surface area contributed by atoms with E-state index in [4.69, 9.17) is 16.3 Å². The Kier molecular flexibility index (Phi) is 3.77. The molecule has 4 nitrogen and oxygen atoms in total. The van der Waals surface area contributed by atoms with Crippen LogP contribution in [0.15, 0.2) is 55.1 Å². The molecule has 3 aromatic rings. The summed E-state index contributed by atoms with van der Waals surface area (Å²) in [6, 6.07) is 13.7. The molecule has 0 radical (unpaired) electrons. The highest BCUT2D eigenvalue weighted by Gasteiger charge is 2.24. The monoisotopic (exact) mass is 352 g/mol. The number of rotatable bonds is 2. The van der Waals surface area contributed by atoms with Crippen molar-refractivity contribution in [3.05, 3.63) is 60.1 Å². The molecule has 1 amide bonds. The number of aryl methyl sites for hydroxylation is 1. The first-order valence-electron chi connectivity index (χ1n) is 8.04. The number of anilines is 1. The second-order valence-electron chi connectivity index (χ2n) is 6.12. The van der Waals surface area contributed by atoms with E-state index in [1.807, 2.05) is 43.4 Å². The predicted molar refractivity (Wildman–Crippen MR) is 101 cm³/mol. The van der Waals surface area contributed by atoms with Gasteiger partial charge in [0.1, 0.15) is 6.10 Å². The molecule has 1 aliphatic heterocycles. The fraction of sp³-hybridized carbons (Fsp3) is 0.150. The van der Waals surface area contributed by atoms with Crippen LogP contribution in [0, 0.1) is 0 Å². The molecule has 2 aromatic carbocycles. The van der Waals surface area contributed by atoms with E-state index in [0.717, 1.165) is 22.2 Å². The number of carbonyl (C=O) groups is 1. The summed E-state index contributed by atoms with van der Waals surface area (Å²) in [5.74, 6) is 0.583. The molecule has 0 unspecified atom stereocenters. The van der Waals surface area contributed by atoms with Gasteiger partial charge in [0.25, 0.3) is 0 Å². The molecule has 1 atom stereocenters. The number of ether oxygens (including phenoxy) is 1. The summed E-state index contributed by atoms with van der Waals surface area (Å²) < 4.78 is 8.18. The lowest BCUT2D eigenvalue weighted by Crippen LogP contribution is -2.18. The second-order valence-corrected chi connectivity index (χ2v) is 6.55. The standard InChI is InChI=1S/C20H17ClN2O2/c1-3-14-11-19(24)22-16-6-4-5-15(20(16)25-14)18-9-12-7-8-13(21)10-17(12)23(18)2/h3-10,14H,1,11H2,2H3,(H,22,24)/t14-/m1/s1. The number of nitrogens with zero attached hydrogens (tertiary/aromatic N) is 1. The number of nitrogens with one attached hydrogen (secondary N) is 1. The Morgan fingerprint density at radius 2 is 2.16 bits per heavy atom. The third-order valence-corrected chi connectivity index (χ3v) is 4.73. The van der Waals surface area contributed by atoms with Gasteiger partial charge in [-0.05, 0) is 30.3 Å². The van der Waals surface area contributed by atoms with Crippen LogP contribution in [0.5, 0.6) is 5.75 Å². The molecule has 5 heteroatoms. The van der Waals surface area contributed by atoms with Crippen molar-refractivity contribution in [1.29, 1.82) is 0 Å². The van der Waals surface area contributed by atoms with Gasteiger partial charge in [0.05, 0.1) is 17.8 Å². The van der Waals surface area contributed by atoms with E-state index >= 15 is 0 Å². The van der Waals surface area contributed by atoms with Gasteiger partial charge < -0.3 is 14.6 Å². The molecule has 25 heavy (non-hydrogen) atoms. The average Bonchev–Trinajstić information content (AvgIpc) is 2.81. The van der Waals surface area contributed by atoms with E-state index in [0.29, 0.717) is 16.5 Å². The molecule has 0 bridgehead atoms. The summed E-state index contributed by atoms with van der Waals surface area (Å²) in [6.07, 6.45) is 1.56. The van der Waals surface area contributed by atoms with Crippen molar-refractivity contribution in [3.8, 4) is 17.0 Å². The van der Waals surface area contributed by atoms with E-state index in [1.165, 1.54) is 0 Å². The van der Waals surface area contributed by atoms with Gasteiger partial charge in [0, 0.05) is 28.5 Å². The highest BCUT2D eigenvalue weighted by atomic mass is 35.5. The first kappa shape index (κ1) is 15.8. The predicted octanol–water partition coefficient (Wildman–Crippen LogP) is 4.77. The van der Waals surface area contributed by atoms with E-state index < -0.39 is 0 Å². The van der Waals surface area contributed by atoms with Crippen molar-refractivity contribution in [2.75, 3.05) is 5.32 Å². The Hall–Kier alpha value is -2.72.